The van der Waals surface area contributed by atoms with Crippen molar-refractivity contribution in [2.75, 3.05) is 20.1 Å². The summed E-state index contributed by atoms with van der Waals surface area (Å²) in [5, 5.41) is 5.49. The number of hydrogen-bond acceptors (Lipinski definition) is 3. The van der Waals surface area contributed by atoms with Crippen molar-refractivity contribution in [3.63, 3.8) is 0 Å². The Kier molecular flexibility index (Phi) is 4.69. The minimum absolute atomic E-state index is 0.187. The first-order valence-electron chi connectivity index (χ1n) is 8.18. The topological polar surface area (TPSA) is 81.8 Å². The van der Waals surface area contributed by atoms with Crippen molar-refractivity contribution in [1.82, 2.24) is 20.4 Å². The van der Waals surface area contributed by atoms with E-state index in [0.29, 0.717) is 26.1 Å². The fourth-order valence-corrected chi connectivity index (χ4v) is 3.05. The number of nitrogens with zero attached hydrogens (tertiary/aromatic N) is 2. The quantitative estimate of drug-likeness (QED) is 0.822. The normalized spacial score (nSPS) is 20.5. The predicted molar refractivity (Wildman–Crippen MR) is 87.9 cm³/mol. The number of urea groups is 1. The van der Waals surface area contributed by atoms with Gasteiger partial charge in [0.15, 0.2) is 0 Å². The van der Waals surface area contributed by atoms with Gasteiger partial charge >= 0.3 is 6.03 Å². The van der Waals surface area contributed by atoms with Crippen molar-refractivity contribution in [2.45, 2.75) is 32.0 Å². The number of likely N-dealkylation sites (N-methyl/N-ethyl adjacent to an activating group) is 1. The van der Waals surface area contributed by atoms with Crippen LogP contribution in [0.3, 0.4) is 0 Å². The average molecular weight is 330 g/mol. The summed E-state index contributed by atoms with van der Waals surface area (Å²) in [6, 6.07) is 7.13. The molecule has 2 aliphatic heterocycles. The number of amides is 4. The Labute approximate surface area is 141 Å². The Bertz CT molecular complexity index is 661. The highest BCUT2D eigenvalue weighted by atomic mass is 16.2. The highest BCUT2D eigenvalue weighted by Gasteiger charge is 2.30. The zero-order chi connectivity index (χ0) is 17.1. The van der Waals surface area contributed by atoms with Gasteiger partial charge in [0.05, 0.1) is 6.54 Å². The highest BCUT2D eigenvalue weighted by molar-refractivity contribution is 5.90. The first-order valence-corrected chi connectivity index (χ1v) is 8.18. The van der Waals surface area contributed by atoms with Crippen molar-refractivity contribution in [1.29, 1.82) is 0 Å². The fourth-order valence-electron chi connectivity index (χ4n) is 3.05. The van der Waals surface area contributed by atoms with Gasteiger partial charge in [-0.1, -0.05) is 24.3 Å². The Balaban J connectivity index is 1.54. The van der Waals surface area contributed by atoms with Crippen LogP contribution in [0.5, 0.6) is 0 Å². The molecule has 0 saturated carbocycles. The number of carbonyl (C=O) groups excluding carboxylic acids is 3. The molecule has 128 valence electrons. The lowest BCUT2D eigenvalue weighted by molar-refractivity contribution is -0.128. The molecule has 7 nitrogen and oxygen atoms in total. The van der Waals surface area contributed by atoms with Gasteiger partial charge in [0.1, 0.15) is 6.04 Å². The maximum absolute atomic E-state index is 12.1. The Morgan fingerprint density at radius 1 is 1.33 bits per heavy atom. The van der Waals surface area contributed by atoms with Crippen molar-refractivity contribution >= 4 is 17.8 Å². The number of nitrogens with one attached hydrogen (secondary N) is 2. The van der Waals surface area contributed by atoms with Crippen LogP contribution in [0.25, 0.3) is 0 Å². The van der Waals surface area contributed by atoms with Gasteiger partial charge in [-0.05, 0) is 17.5 Å². The minimum Gasteiger partial charge on any atom is -0.350 e. The first kappa shape index (κ1) is 16.3. The molecule has 24 heavy (non-hydrogen) atoms. The molecule has 4 amide bonds. The molecule has 2 aliphatic rings. The standard InChI is InChI=1S/C17H22N4O3/c1-20-11-14(19-17(20)24)16(23)18-9-12-4-2-5-13(8-12)10-21-7-3-6-15(21)22/h2,4-5,8,14H,3,6-7,9-11H2,1H3,(H,18,23)(H,19,24)/t14-/m0/s1. The van der Waals surface area contributed by atoms with E-state index in [-0.39, 0.29) is 17.8 Å². The summed E-state index contributed by atoms with van der Waals surface area (Å²) in [5.41, 5.74) is 2.04. The first-order chi connectivity index (χ1) is 11.5. The average Bonchev–Trinajstić information content (AvgIpc) is 3.12. The third kappa shape index (κ3) is 3.67. The second-order valence-corrected chi connectivity index (χ2v) is 6.34. The summed E-state index contributed by atoms with van der Waals surface area (Å²) in [4.78, 5) is 38.6. The zero-order valence-electron chi connectivity index (χ0n) is 13.7. The lowest BCUT2D eigenvalue weighted by Gasteiger charge is -2.16. The molecule has 2 N–H and O–H groups in total. The van der Waals surface area contributed by atoms with Crippen molar-refractivity contribution in [2.24, 2.45) is 0 Å². The molecule has 2 saturated heterocycles. The summed E-state index contributed by atoms with van der Waals surface area (Å²) in [6.45, 7) is 2.21. The van der Waals surface area contributed by atoms with Gasteiger partial charge in [-0.3, -0.25) is 9.59 Å². The van der Waals surface area contributed by atoms with Crippen molar-refractivity contribution in [3.8, 4) is 0 Å². The lowest BCUT2D eigenvalue weighted by atomic mass is 10.1. The molecule has 0 aromatic heterocycles. The van der Waals surface area contributed by atoms with Crippen LogP contribution in [0, 0.1) is 0 Å². The molecular formula is C17H22N4O3. The van der Waals surface area contributed by atoms with E-state index in [9.17, 15) is 14.4 Å². The summed E-state index contributed by atoms with van der Waals surface area (Å²) < 4.78 is 0. The van der Waals surface area contributed by atoms with E-state index in [1.165, 1.54) is 4.90 Å². The summed E-state index contributed by atoms with van der Waals surface area (Å²) in [6.07, 6.45) is 1.56. The monoisotopic (exact) mass is 330 g/mol. The number of benzene rings is 1. The SMILES string of the molecule is CN1C[C@@H](C(=O)NCc2cccc(CN3CCCC3=O)c2)NC1=O. The Morgan fingerprint density at radius 3 is 2.79 bits per heavy atom. The molecule has 2 fully saturated rings. The van der Waals surface area contributed by atoms with E-state index in [1.54, 1.807) is 7.05 Å². The van der Waals surface area contributed by atoms with E-state index in [4.69, 9.17) is 0 Å². The molecule has 0 spiro atoms. The van der Waals surface area contributed by atoms with E-state index in [2.05, 4.69) is 10.6 Å². The number of likely N-dealkylation sites (tertiary alicyclic amines) is 1. The summed E-state index contributed by atoms with van der Waals surface area (Å²) in [7, 11) is 1.66. The third-order valence-corrected chi connectivity index (χ3v) is 4.42. The Hall–Kier alpha value is -2.57. The molecular weight excluding hydrogens is 308 g/mol. The molecule has 1 atom stereocenters. The molecule has 3 rings (SSSR count). The summed E-state index contributed by atoms with van der Waals surface area (Å²) in [5.74, 6) is 0.0163. The van der Waals surface area contributed by atoms with Crippen LogP contribution in [0.15, 0.2) is 24.3 Å². The molecule has 0 radical (unpaired) electrons. The van der Waals surface area contributed by atoms with Crippen LogP contribution < -0.4 is 10.6 Å². The van der Waals surface area contributed by atoms with Gasteiger partial charge in [-0.2, -0.15) is 0 Å². The number of carbonyl (C=O) groups is 3. The van der Waals surface area contributed by atoms with Crippen LogP contribution in [0.1, 0.15) is 24.0 Å². The maximum Gasteiger partial charge on any atom is 0.317 e. The van der Waals surface area contributed by atoms with Gasteiger partial charge < -0.3 is 20.4 Å². The smallest absolute Gasteiger partial charge is 0.317 e. The fraction of sp³-hybridized carbons (Fsp3) is 0.471. The molecule has 1 aromatic carbocycles. The van der Waals surface area contributed by atoms with Crippen LogP contribution in [0.4, 0.5) is 4.79 Å². The third-order valence-electron chi connectivity index (χ3n) is 4.42. The summed E-state index contributed by atoms with van der Waals surface area (Å²) >= 11 is 0. The van der Waals surface area contributed by atoms with Crippen molar-refractivity contribution < 1.29 is 14.4 Å². The predicted octanol–water partition coefficient (Wildman–Crippen LogP) is 0.449. The molecule has 1 aromatic rings. The Morgan fingerprint density at radius 2 is 2.12 bits per heavy atom. The second-order valence-electron chi connectivity index (χ2n) is 6.34. The largest absolute Gasteiger partial charge is 0.350 e. The number of rotatable bonds is 5. The van der Waals surface area contributed by atoms with E-state index >= 15 is 0 Å². The van der Waals surface area contributed by atoms with E-state index in [1.807, 2.05) is 29.2 Å². The molecule has 0 unspecified atom stereocenters. The van der Waals surface area contributed by atoms with Gasteiger partial charge in [0.2, 0.25) is 11.8 Å². The van der Waals surface area contributed by atoms with Crippen LogP contribution >= 0.6 is 0 Å². The van der Waals surface area contributed by atoms with Gasteiger partial charge in [-0.25, -0.2) is 4.79 Å². The van der Waals surface area contributed by atoms with Crippen molar-refractivity contribution in [3.05, 3.63) is 35.4 Å². The van der Waals surface area contributed by atoms with Crippen LogP contribution in [-0.4, -0.2) is 53.8 Å². The second kappa shape index (κ2) is 6.90. The maximum atomic E-state index is 12.1. The van der Waals surface area contributed by atoms with Crippen LogP contribution in [0.2, 0.25) is 0 Å². The van der Waals surface area contributed by atoms with Gasteiger partial charge in [0, 0.05) is 33.1 Å². The highest BCUT2D eigenvalue weighted by Crippen LogP contribution is 2.15. The van der Waals surface area contributed by atoms with Gasteiger partial charge in [-0.15, -0.1) is 0 Å². The lowest BCUT2D eigenvalue weighted by Crippen LogP contribution is -2.42. The van der Waals surface area contributed by atoms with Gasteiger partial charge in [0.25, 0.3) is 0 Å². The molecule has 0 bridgehead atoms. The van der Waals surface area contributed by atoms with E-state index < -0.39 is 6.04 Å². The number of hydrogen-bond donors (Lipinski definition) is 2. The minimum atomic E-state index is -0.507. The molecule has 2 heterocycles. The van der Waals surface area contributed by atoms with E-state index in [0.717, 1.165) is 24.1 Å². The molecule has 7 heteroatoms. The van der Waals surface area contributed by atoms with Crippen LogP contribution in [-0.2, 0) is 22.7 Å². The molecule has 0 aliphatic carbocycles. The zero-order valence-corrected chi connectivity index (χ0v) is 13.7.